The van der Waals surface area contributed by atoms with E-state index < -0.39 is 0 Å². The third kappa shape index (κ3) is 1.58. The highest BCUT2D eigenvalue weighted by Crippen LogP contribution is 2.36. The summed E-state index contributed by atoms with van der Waals surface area (Å²) >= 11 is 3.59. The molecule has 0 fully saturated rings. The first kappa shape index (κ1) is 9.03. The van der Waals surface area contributed by atoms with Crippen LogP contribution in [0.3, 0.4) is 0 Å². The van der Waals surface area contributed by atoms with Crippen LogP contribution >= 0.6 is 15.9 Å². The van der Waals surface area contributed by atoms with Gasteiger partial charge in [-0.3, -0.25) is 0 Å². The lowest BCUT2D eigenvalue weighted by Crippen LogP contribution is -2.18. The van der Waals surface area contributed by atoms with Crippen LogP contribution in [-0.2, 0) is 0 Å². The first-order valence-electron chi connectivity index (χ1n) is 4.50. The average molecular weight is 241 g/mol. The summed E-state index contributed by atoms with van der Waals surface area (Å²) in [5, 5.41) is 6.62. The van der Waals surface area contributed by atoms with Crippen molar-refractivity contribution in [2.75, 3.05) is 25.5 Å². The number of nitrogens with one attached hydrogen (secondary N) is 2. The molecule has 0 amide bonds. The highest BCUT2D eigenvalue weighted by atomic mass is 79.9. The number of rotatable bonds is 2. The molecule has 1 aromatic carbocycles. The van der Waals surface area contributed by atoms with Crippen LogP contribution in [0, 0.1) is 0 Å². The lowest BCUT2D eigenvalue weighted by molar-refractivity contribution is 0.672. The predicted octanol–water partition coefficient (Wildman–Crippen LogP) is 2.18. The molecule has 1 atom stereocenters. The summed E-state index contributed by atoms with van der Waals surface area (Å²) in [4.78, 5) is 0. The van der Waals surface area contributed by atoms with Crippen LogP contribution in [0.25, 0.3) is 0 Å². The smallest absolute Gasteiger partial charge is 0.0388 e. The van der Waals surface area contributed by atoms with Gasteiger partial charge in [0.1, 0.15) is 0 Å². The number of hydrogen-bond acceptors (Lipinski definition) is 2. The molecule has 2 rings (SSSR count). The Kier molecular flexibility index (Phi) is 2.56. The Morgan fingerprint density at radius 3 is 3.23 bits per heavy atom. The van der Waals surface area contributed by atoms with Gasteiger partial charge in [0.15, 0.2) is 0 Å². The van der Waals surface area contributed by atoms with Crippen LogP contribution in [-0.4, -0.2) is 20.1 Å². The van der Waals surface area contributed by atoms with E-state index in [4.69, 9.17) is 0 Å². The van der Waals surface area contributed by atoms with Crippen molar-refractivity contribution >= 4 is 21.6 Å². The third-order valence-electron chi connectivity index (χ3n) is 2.45. The van der Waals surface area contributed by atoms with Crippen LogP contribution in [0.4, 0.5) is 5.69 Å². The van der Waals surface area contributed by atoms with E-state index >= 15 is 0 Å². The number of fused-ring (bicyclic) bond motifs is 1. The molecular weight excluding hydrogens is 228 g/mol. The number of benzene rings is 1. The van der Waals surface area contributed by atoms with Gasteiger partial charge in [0.2, 0.25) is 0 Å². The summed E-state index contributed by atoms with van der Waals surface area (Å²) < 4.78 is 1.22. The zero-order valence-corrected chi connectivity index (χ0v) is 9.19. The largest absolute Gasteiger partial charge is 0.384 e. The molecule has 0 saturated carbocycles. The fourth-order valence-electron chi connectivity index (χ4n) is 1.86. The summed E-state index contributed by atoms with van der Waals surface area (Å²) in [5.41, 5.74) is 2.69. The van der Waals surface area contributed by atoms with Gasteiger partial charge in [-0.1, -0.05) is 22.0 Å². The zero-order valence-electron chi connectivity index (χ0n) is 7.60. The molecule has 13 heavy (non-hydrogen) atoms. The van der Waals surface area contributed by atoms with E-state index in [1.807, 2.05) is 7.05 Å². The fourth-order valence-corrected chi connectivity index (χ4v) is 2.55. The zero-order chi connectivity index (χ0) is 9.26. The fraction of sp³-hybridized carbons (Fsp3) is 0.400. The van der Waals surface area contributed by atoms with Gasteiger partial charge in [0, 0.05) is 29.2 Å². The van der Waals surface area contributed by atoms with E-state index in [0.717, 1.165) is 13.1 Å². The molecule has 2 nitrogen and oxygen atoms in total. The molecule has 0 radical (unpaired) electrons. The summed E-state index contributed by atoms with van der Waals surface area (Å²) in [5.74, 6) is 0.593. The highest BCUT2D eigenvalue weighted by Gasteiger charge is 2.23. The molecule has 1 heterocycles. The van der Waals surface area contributed by atoms with E-state index in [1.54, 1.807) is 0 Å². The van der Waals surface area contributed by atoms with Gasteiger partial charge in [0.25, 0.3) is 0 Å². The molecule has 0 spiro atoms. The summed E-state index contributed by atoms with van der Waals surface area (Å²) in [6.45, 7) is 2.07. The summed E-state index contributed by atoms with van der Waals surface area (Å²) in [6, 6.07) is 6.31. The van der Waals surface area contributed by atoms with E-state index in [-0.39, 0.29) is 0 Å². The van der Waals surface area contributed by atoms with Crippen molar-refractivity contribution in [3.63, 3.8) is 0 Å². The van der Waals surface area contributed by atoms with Gasteiger partial charge in [-0.15, -0.1) is 0 Å². The first-order chi connectivity index (χ1) is 6.33. The molecule has 1 unspecified atom stereocenters. The minimum Gasteiger partial charge on any atom is -0.384 e. The molecule has 0 saturated heterocycles. The Morgan fingerprint density at radius 2 is 2.46 bits per heavy atom. The van der Waals surface area contributed by atoms with Gasteiger partial charge in [-0.2, -0.15) is 0 Å². The van der Waals surface area contributed by atoms with Crippen LogP contribution in [0.2, 0.25) is 0 Å². The quantitative estimate of drug-likeness (QED) is 0.829. The van der Waals surface area contributed by atoms with Crippen LogP contribution in [0.1, 0.15) is 11.5 Å². The van der Waals surface area contributed by atoms with Crippen LogP contribution < -0.4 is 10.6 Å². The second kappa shape index (κ2) is 3.68. The molecule has 1 aromatic rings. The Hall–Kier alpha value is -0.540. The number of hydrogen-bond donors (Lipinski definition) is 2. The Morgan fingerprint density at radius 1 is 1.62 bits per heavy atom. The Bertz CT molecular complexity index is 310. The van der Waals surface area contributed by atoms with Gasteiger partial charge in [-0.05, 0) is 24.7 Å². The molecule has 70 valence electrons. The molecule has 2 N–H and O–H groups in total. The van der Waals surface area contributed by atoms with Crippen molar-refractivity contribution in [2.24, 2.45) is 0 Å². The number of halogens is 1. The SMILES string of the molecule is CNCC1CNc2cccc(Br)c21. The van der Waals surface area contributed by atoms with Crippen molar-refractivity contribution in [1.29, 1.82) is 0 Å². The van der Waals surface area contributed by atoms with E-state index in [0.29, 0.717) is 5.92 Å². The molecular formula is C10H13BrN2. The third-order valence-corrected chi connectivity index (χ3v) is 3.14. The monoisotopic (exact) mass is 240 g/mol. The average Bonchev–Trinajstić information content (AvgIpc) is 2.51. The molecule has 0 aromatic heterocycles. The highest BCUT2D eigenvalue weighted by molar-refractivity contribution is 9.10. The molecule has 1 aliphatic rings. The topological polar surface area (TPSA) is 24.1 Å². The maximum absolute atomic E-state index is 3.59. The lowest BCUT2D eigenvalue weighted by atomic mass is 10.0. The van der Waals surface area contributed by atoms with E-state index in [1.165, 1.54) is 15.7 Å². The normalized spacial score (nSPS) is 19.7. The standard InChI is InChI=1S/C10H13BrN2/c1-12-5-7-6-13-9-4-2-3-8(11)10(7)9/h2-4,7,12-13H,5-6H2,1H3. The predicted molar refractivity (Wildman–Crippen MR) is 59.3 cm³/mol. The summed E-state index contributed by atoms with van der Waals surface area (Å²) in [7, 11) is 1.99. The summed E-state index contributed by atoms with van der Waals surface area (Å²) in [6.07, 6.45) is 0. The van der Waals surface area contributed by atoms with Crippen molar-refractivity contribution in [3.8, 4) is 0 Å². The molecule has 0 bridgehead atoms. The number of likely N-dealkylation sites (N-methyl/N-ethyl adjacent to an activating group) is 1. The van der Waals surface area contributed by atoms with Crippen molar-refractivity contribution in [3.05, 3.63) is 28.2 Å². The first-order valence-corrected chi connectivity index (χ1v) is 5.29. The molecule has 3 heteroatoms. The van der Waals surface area contributed by atoms with Crippen molar-refractivity contribution in [2.45, 2.75) is 5.92 Å². The van der Waals surface area contributed by atoms with Crippen molar-refractivity contribution < 1.29 is 0 Å². The number of anilines is 1. The van der Waals surface area contributed by atoms with Crippen LogP contribution in [0.5, 0.6) is 0 Å². The minimum absolute atomic E-state index is 0.593. The van der Waals surface area contributed by atoms with Gasteiger partial charge >= 0.3 is 0 Å². The maximum atomic E-state index is 3.59. The van der Waals surface area contributed by atoms with E-state index in [2.05, 4.69) is 44.8 Å². The van der Waals surface area contributed by atoms with Crippen LogP contribution in [0.15, 0.2) is 22.7 Å². The maximum Gasteiger partial charge on any atom is 0.0388 e. The van der Waals surface area contributed by atoms with Gasteiger partial charge in [0.05, 0.1) is 0 Å². The Labute approximate surface area is 86.9 Å². The molecule has 0 aliphatic carbocycles. The van der Waals surface area contributed by atoms with Crippen molar-refractivity contribution in [1.82, 2.24) is 5.32 Å². The second-order valence-corrected chi connectivity index (χ2v) is 4.19. The lowest BCUT2D eigenvalue weighted by Gasteiger charge is -2.10. The van der Waals surface area contributed by atoms with Gasteiger partial charge in [-0.25, -0.2) is 0 Å². The molecule has 1 aliphatic heterocycles. The Balaban J connectivity index is 2.34. The second-order valence-electron chi connectivity index (χ2n) is 3.34. The minimum atomic E-state index is 0.593. The van der Waals surface area contributed by atoms with E-state index in [9.17, 15) is 0 Å². The van der Waals surface area contributed by atoms with Gasteiger partial charge < -0.3 is 10.6 Å².